The fraction of sp³-hybridized carbons (Fsp3) is 0.500. The highest BCUT2D eigenvalue weighted by Gasteiger charge is 2.19. The summed E-state index contributed by atoms with van der Waals surface area (Å²) in [4.78, 5) is 14.5. The van der Waals surface area contributed by atoms with Crippen LogP contribution in [0.5, 0.6) is 0 Å². The van der Waals surface area contributed by atoms with Crippen LogP contribution in [-0.4, -0.2) is 35.9 Å². The summed E-state index contributed by atoms with van der Waals surface area (Å²) in [5.41, 5.74) is -0.440. The van der Waals surface area contributed by atoms with Gasteiger partial charge in [-0.2, -0.15) is 0 Å². The van der Waals surface area contributed by atoms with Crippen LogP contribution in [0.15, 0.2) is 33.6 Å². The van der Waals surface area contributed by atoms with Gasteiger partial charge < -0.3 is 9.64 Å². The molecule has 106 valence electrons. The lowest BCUT2D eigenvalue weighted by molar-refractivity contribution is 0.0309. The van der Waals surface area contributed by atoms with Gasteiger partial charge in [0, 0.05) is 28.7 Å². The van der Waals surface area contributed by atoms with Gasteiger partial charge in [-0.25, -0.2) is 4.79 Å². The number of carbonyl (C=O) groups excluding carboxylic acids is 1. The molecule has 5 heteroatoms. The molecule has 0 heterocycles. The average Bonchev–Trinajstić information content (AvgIpc) is 2.29. The van der Waals surface area contributed by atoms with Gasteiger partial charge in [0.1, 0.15) is 5.60 Å². The van der Waals surface area contributed by atoms with Crippen molar-refractivity contribution in [3.05, 3.63) is 28.7 Å². The Kier molecular flexibility index (Phi) is 6.20. The van der Waals surface area contributed by atoms with E-state index in [0.29, 0.717) is 6.54 Å². The lowest BCUT2D eigenvalue weighted by Crippen LogP contribution is -2.35. The van der Waals surface area contributed by atoms with Crippen LogP contribution in [0.4, 0.5) is 4.79 Å². The van der Waals surface area contributed by atoms with Crippen molar-refractivity contribution in [2.24, 2.45) is 0 Å². The van der Waals surface area contributed by atoms with Crippen molar-refractivity contribution in [3.63, 3.8) is 0 Å². The molecule has 1 aromatic rings. The minimum absolute atomic E-state index is 0.274. The molecule has 0 fully saturated rings. The Hall–Kier alpha value is -0.680. The molecule has 3 nitrogen and oxygen atoms in total. The van der Waals surface area contributed by atoms with Gasteiger partial charge in [0.05, 0.1) is 0 Å². The maximum absolute atomic E-state index is 11.7. The van der Waals surface area contributed by atoms with Crippen LogP contribution in [0.25, 0.3) is 0 Å². The Morgan fingerprint density at radius 3 is 2.42 bits per heavy atom. The summed E-state index contributed by atoms with van der Waals surface area (Å²) in [6, 6.07) is 8.14. The summed E-state index contributed by atoms with van der Waals surface area (Å²) in [7, 11) is 1.76. The summed E-state index contributed by atoms with van der Waals surface area (Å²) in [5.74, 6) is 0.845. The molecule has 0 radical (unpaired) electrons. The number of amides is 1. The first kappa shape index (κ1) is 16.4. The molecule has 0 aromatic heterocycles. The molecular weight excluding hydrogens is 326 g/mol. The van der Waals surface area contributed by atoms with Crippen molar-refractivity contribution in [1.82, 2.24) is 4.90 Å². The van der Waals surface area contributed by atoms with Gasteiger partial charge in [-0.15, -0.1) is 11.8 Å². The van der Waals surface area contributed by atoms with E-state index in [0.717, 1.165) is 10.2 Å². The lowest BCUT2D eigenvalue weighted by Gasteiger charge is -2.24. The fourth-order valence-electron chi connectivity index (χ4n) is 1.26. The molecule has 0 aliphatic rings. The normalized spacial score (nSPS) is 11.2. The van der Waals surface area contributed by atoms with Crippen LogP contribution in [0.2, 0.25) is 0 Å². The van der Waals surface area contributed by atoms with E-state index in [1.54, 1.807) is 23.7 Å². The average molecular weight is 346 g/mol. The Labute approximate surface area is 127 Å². The highest BCUT2D eigenvalue weighted by Crippen LogP contribution is 2.20. The zero-order valence-electron chi connectivity index (χ0n) is 11.8. The van der Waals surface area contributed by atoms with Crippen molar-refractivity contribution < 1.29 is 9.53 Å². The number of thioether (sulfide) groups is 1. The van der Waals surface area contributed by atoms with Gasteiger partial charge in [-0.3, -0.25) is 0 Å². The number of nitrogens with zero attached hydrogens (tertiary/aromatic N) is 1. The van der Waals surface area contributed by atoms with Crippen LogP contribution in [0.3, 0.4) is 0 Å². The molecule has 0 unspecified atom stereocenters. The minimum Gasteiger partial charge on any atom is -0.444 e. The third-order valence-electron chi connectivity index (χ3n) is 2.21. The zero-order valence-corrected chi connectivity index (χ0v) is 14.2. The molecule has 19 heavy (non-hydrogen) atoms. The monoisotopic (exact) mass is 345 g/mol. The van der Waals surface area contributed by atoms with E-state index < -0.39 is 5.60 Å². The Bertz CT molecular complexity index is 414. The van der Waals surface area contributed by atoms with Crippen LogP contribution >= 0.6 is 27.7 Å². The summed E-state index contributed by atoms with van der Waals surface area (Å²) >= 11 is 5.13. The first-order valence-corrected chi connectivity index (χ1v) is 7.88. The molecule has 0 aliphatic carbocycles. The van der Waals surface area contributed by atoms with Crippen LogP contribution in [-0.2, 0) is 4.74 Å². The van der Waals surface area contributed by atoms with Crippen LogP contribution in [0, 0.1) is 0 Å². The van der Waals surface area contributed by atoms with Gasteiger partial charge in [0.15, 0.2) is 0 Å². The number of carbonyl (C=O) groups is 1. The number of rotatable bonds is 4. The molecule has 0 aliphatic heterocycles. The van der Waals surface area contributed by atoms with E-state index in [4.69, 9.17) is 4.74 Å². The van der Waals surface area contributed by atoms with Crippen molar-refractivity contribution in [1.29, 1.82) is 0 Å². The van der Waals surface area contributed by atoms with Crippen molar-refractivity contribution in [2.75, 3.05) is 19.3 Å². The number of hydrogen-bond donors (Lipinski definition) is 0. The van der Waals surface area contributed by atoms with Gasteiger partial charge in [-0.1, -0.05) is 15.9 Å². The molecule has 0 saturated heterocycles. The second kappa shape index (κ2) is 7.20. The summed E-state index contributed by atoms with van der Waals surface area (Å²) in [6.07, 6.45) is -0.274. The second-order valence-electron chi connectivity index (χ2n) is 5.20. The molecule has 1 amide bonds. The first-order valence-electron chi connectivity index (χ1n) is 6.10. The highest BCUT2D eigenvalue weighted by atomic mass is 79.9. The predicted molar refractivity (Wildman–Crippen MR) is 83.7 cm³/mol. The minimum atomic E-state index is -0.440. The smallest absolute Gasteiger partial charge is 0.410 e. The SMILES string of the molecule is CN(CCSc1ccc(Br)cc1)C(=O)OC(C)(C)C. The molecule has 0 N–H and O–H groups in total. The molecule has 1 aromatic carbocycles. The Balaban J connectivity index is 2.32. The topological polar surface area (TPSA) is 29.5 Å². The number of ether oxygens (including phenoxy) is 1. The standard InChI is InChI=1S/C14H20BrNO2S/c1-14(2,3)18-13(17)16(4)9-10-19-12-7-5-11(15)6-8-12/h5-8H,9-10H2,1-4H3. The van der Waals surface area contributed by atoms with Crippen molar-refractivity contribution in [3.8, 4) is 0 Å². The lowest BCUT2D eigenvalue weighted by atomic mass is 10.2. The van der Waals surface area contributed by atoms with E-state index in [1.165, 1.54) is 4.90 Å². The van der Waals surface area contributed by atoms with E-state index in [1.807, 2.05) is 32.9 Å². The van der Waals surface area contributed by atoms with E-state index in [9.17, 15) is 4.79 Å². The van der Waals surface area contributed by atoms with Gasteiger partial charge in [-0.05, 0) is 45.0 Å². The second-order valence-corrected chi connectivity index (χ2v) is 7.29. The fourth-order valence-corrected chi connectivity index (χ4v) is 2.46. The van der Waals surface area contributed by atoms with Crippen molar-refractivity contribution >= 4 is 33.8 Å². The van der Waals surface area contributed by atoms with Crippen LogP contribution < -0.4 is 0 Å². The molecule has 0 spiro atoms. The molecule has 0 bridgehead atoms. The summed E-state index contributed by atoms with van der Waals surface area (Å²) < 4.78 is 6.36. The maximum atomic E-state index is 11.7. The quantitative estimate of drug-likeness (QED) is 0.757. The zero-order chi connectivity index (χ0) is 14.5. The van der Waals surface area contributed by atoms with Gasteiger partial charge >= 0.3 is 6.09 Å². The van der Waals surface area contributed by atoms with E-state index in [2.05, 4.69) is 28.1 Å². The summed E-state index contributed by atoms with van der Waals surface area (Å²) in [5, 5.41) is 0. The Morgan fingerprint density at radius 2 is 1.89 bits per heavy atom. The first-order chi connectivity index (χ1) is 8.78. The van der Waals surface area contributed by atoms with Crippen LogP contribution in [0.1, 0.15) is 20.8 Å². The Morgan fingerprint density at radius 1 is 1.32 bits per heavy atom. The highest BCUT2D eigenvalue weighted by molar-refractivity contribution is 9.10. The molecule has 0 saturated carbocycles. The van der Waals surface area contributed by atoms with E-state index >= 15 is 0 Å². The van der Waals surface area contributed by atoms with Gasteiger partial charge in [0.25, 0.3) is 0 Å². The molecule has 1 rings (SSSR count). The predicted octanol–water partition coefficient (Wildman–Crippen LogP) is 4.41. The molecular formula is C14H20BrNO2S. The largest absolute Gasteiger partial charge is 0.444 e. The number of halogens is 1. The number of benzene rings is 1. The third-order valence-corrected chi connectivity index (χ3v) is 3.74. The molecule has 0 atom stereocenters. The van der Waals surface area contributed by atoms with Crippen molar-refractivity contribution in [2.45, 2.75) is 31.3 Å². The third kappa shape index (κ3) is 6.87. The number of hydrogen-bond acceptors (Lipinski definition) is 3. The van der Waals surface area contributed by atoms with Gasteiger partial charge in [0.2, 0.25) is 0 Å². The maximum Gasteiger partial charge on any atom is 0.410 e. The van der Waals surface area contributed by atoms with E-state index in [-0.39, 0.29) is 6.09 Å². The summed E-state index contributed by atoms with van der Waals surface area (Å²) in [6.45, 7) is 6.27.